The standard InChI is InChI=1S/C22H32N4O/c1-5-24(6-2)19-11-9-18(10-12-19)22-23-17-26(27-22)21-15-13-20(14-16-21)25(7-3)8-4/h9-16,22-23H,5-8,17H2,1-4H3. The van der Waals surface area contributed by atoms with Gasteiger partial charge in [0.2, 0.25) is 0 Å². The van der Waals surface area contributed by atoms with Gasteiger partial charge in [0, 0.05) is 37.6 Å². The lowest BCUT2D eigenvalue weighted by molar-refractivity contribution is 0.0789. The molecule has 1 fully saturated rings. The maximum atomic E-state index is 6.13. The van der Waals surface area contributed by atoms with Gasteiger partial charge in [-0.15, -0.1) is 0 Å². The molecule has 5 nitrogen and oxygen atoms in total. The van der Waals surface area contributed by atoms with E-state index in [9.17, 15) is 0 Å². The second-order valence-corrected chi connectivity index (χ2v) is 6.68. The number of nitrogens with zero attached hydrogens (tertiary/aromatic N) is 3. The third-order valence-electron chi connectivity index (χ3n) is 5.24. The Labute approximate surface area is 163 Å². The molecule has 2 aromatic carbocycles. The zero-order chi connectivity index (χ0) is 19.2. The SMILES string of the molecule is CCN(CC)c1ccc(C2NCN(c3ccc(N(CC)CC)cc3)O2)cc1. The smallest absolute Gasteiger partial charge is 0.163 e. The van der Waals surface area contributed by atoms with E-state index in [1.165, 1.54) is 11.4 Å². The predicted molar refractivity (Wildman–Crippen MR) is 114 cm³/mol. The van der Waals surface area contributed by atoms with Gasteiger partial charge in [-0.25, -0.2) is 9.90 Å². The van der Waals surface area contributed by atoms with Gasteiger partial charge in [0.1, 0.15) is 0 Å². The number of benzene rings is 2. The van der Waals surface area contributed by atoms with E-state index in [1.54, 1.807) is 0 Å². The van der Waals surface area contributed by atoms with Crippen molar-refractivity contribution in [2.75, 3.05) is 47.7 Å². The summed E-state index contributed by atoms with van der Waals surface area (Å²) in [6.45, 7) is 13.5. The van der Waals surface area contributed by atoms with Gasteiger partial charge in [0.25, 0.3) is 0 Å². The van der Waals surface area contributed by atoms with Crippen LogP contribution < -0.4 is 20.2 Å². The molecule has 0 spiro atoms. The minimum absolute atomic E-state index is 0.113. The van der Waals surface area contributed by atoms with Crippen molar-refractivity contribution in [2.24, 2.45) is 0 Å². The molecule has 27 heavy (non-hydrogen) atoms. The predicted octanol–water partition coefficient (Wildman–Crippen LogP) is 4.38. The summed E-state index contributed by atoms with van der Waals surface area (Å²) >= 11 is 0. The van der Waals surface area contributed by atoms with Crippen LogP contribution in [-0.4, -0.2) is 32.8 Å². The molecule has 2 aromatic rings. The van der Waals surface area contributed by atoms with Crippen molar-refractivity contribution < 1.29 is 4.84 Å². The lowest BCUT2D eigenvalue weighted by Gasteiger charge is -2.23. The monoisotopic (exact) mass is 368 g/mol. The molecule has 1 unspecified atom stereocenters. The average molecular weight is 369 g/mol. The van der Waals surface area contributed by atoms with Crippen LogP contribution in [0.5, 0.6) is 0 Å². The second kappa shape index (κ2) is 9.11. The minimum atomic E-state index is -0.113. The number of hydrogen-bond donors (Lipinski definition) is 1. The van der Waals surface area contributed by atoms with Crippen molar-refractivity contribution in [3.8, 4) is 0 Å². The van der Waals surface area contributed by atoms with E-state index in [0.717, 1.165) is 37.4 Å². The van der Waals surface area contributed by atoms with Crippen LogP contribution in [0.25, 0.3) is 0 Å². The molecule has 0 aromatic heterocycles. The fourth-order valence-corrected chi connectivity index (χ4v) is 3.57. The molecule has 0 amide bonds. The molecule has 1 N–H and O–H groups in total. The van der Waals surface area contributed by atoms with Gasteiger partial charge in [-0.3, -0.25) is 5.32 Å². The average Bonchev–Trinajstić information content (AvgIpc) is 3.21. The number of rotatable bonds is 8. The first-order chi connectivity index (χ1) is 13.2. The Hall–Kier alpha value is -2.24. The van der Waals surface area contributed by atoms with E-state index in [1.807, 2.05) is 5.06 Å². The summed E-state index contributed by atoms with van der Waals surface area (Å²) < 4.78 is 0. The highest BCUT2D eigenvalue weighted by atomic mass is 16.7. The third-order valence-corrected chi connectivity index (χ3v) is 5.24. The van der Waals surface area contributed by atoms with Crippen LogP contribution in [-0.2, 0) is 4.84 Å². The van der Waals surface area contributed by atoms with Crippen LogP contribution in [0.4, 0.5) is 17.1 Å². The molecule has 0 aliphatic carbocycles. The molecule has 1 atom stereocenters. The molecule has 5 heteroatoms. The first-order valence-corrected chi connectivity index (χ1v) is 10.1. The first-order valence-electron chi connectivity index (χ1n) is 10.1. The number of anilines is 3. The van der Waals surface area contributed by atoms with E-state index < -0.39 is 0 Å². The fourth-order valence-electron chi connectivity index (χ4n) is 3.57. The molecule has 1 aliphatic rings. The number of nitrogens with one attached hydrogen (secondary N) is 1. The Morgan fingerprint density at radius 3 is 1.78 bits per heavy atom. The summed E-state index contributed by atoms with van der Waals surface area (Å²) in [6, 6.07) is 17.2. The van der Waals surface area contributed by atoms with Crippen LogP contribution in [0.3, 0.4) is 0 Å². The summed E-state index contributed by atoms with van der Waals surface area (Å²) in [7, 11) is 0. The Balaban J connectivity index is 1.64. The minimum Gasteiger partial charge on any atom is -0.372 e. The number of hydroxylamine groups is 1. The van der Waals surface area contributed by atoms with Crippen molar-refractivity contribution >= 4 is 17.1 Å². The van der Waals surface area contributed by atoms with Gasteiger partial charge in [0.05, 0.1) is 12.4 Å². The van der Waals surface area contributed by atoms with Crippen LogP contribution in [0.15, 0.2) is 48.5 Å². The van der Waals surface area contributed by atoms with Crippen molar-refractivity contribution in [1.29, 1.82) is 0 Å². The Bertz CT molecular complexity index is 632. The Morgan fingerprint density at radius 2 is 1.30 bits per heavy atom. The Kier molecular flexibility index (Phi) is 6.58. The molecule has 146 valence electrons. The highest BCUT2D eigenvalue weighted by Crippen LogP contribution is 2.28. The van der Waals surface area contributed by atoms with Crippen molar-refractivity contribution in [3.63, 3.8) is 0 Å². The van der Waals surface area contributed by atoms with E-state index in [0.29, 0.717) is 6.67 Å². The van der Waals surface area contributed by atoms with E-state index in [-0.39, 0.29) is 6.23 Å². The molecular weight excluding hydrogens is 336 g/mol. The van der Waals surface area contributed by atoms with Crippen molar-refractivity contribution in [2.45, 2.75) is 33.9 Å². The zero-order valence-corrected chi connectivity index (χ0v) is 17.0. The Morgan fingerprint density at radius 1 is 0.815 bits per heavy atom. The summed E-state index contributed by atoms with van der Waals surface area (Å²) in [5, 5.41) is 5.36. The van der Waals surface area contributed by atoms with Gasteiger partial charge in [-0.1, -0.05) is 12.1 Å². The van der Waals surface area contributed by atoms with Crippen LogP contribution >= 0.6 is 0 Å². The molecular formula is C22H32N4O. The van der Waals surface area contributed by atoms with Crippen LogP contribution in [0, 0.1) is 0 Å². The molecule has 0 saturated carbocycles. The zero-order valence-electron chi connectivity index (χ0n) is 17.0. The first kappa shape index (κ1) is 19.5. The van der Waals surface area contributed by atoms with Gasteiger partial charge in [-0.05, 0) is 69.7 Å². The van der Waals surface area contributed by atoms with Gasteiger partial charge in [-0.2, -0.15) is 0 Å². The van der Waals surface area contributed by atoms with Crippen LogP contribution in [0.2, 0.25) is 0 Å². The lowest BCUT2D eigenvalue weighted by atomic mass is 10.1. The lowest BCUT2D eigenvalue weighted by Crippen LogP contribution is -2.22. The molecule has 1 aliphatic heterocycles. The highest BCUT2D eigenvalue weighted by Gasteiger charge is 2.24. The molecule has 1 heterocycles. The quantitative estimate of drug-likeness (QED) is 0.747. The summed E-state index contributed by atoms with van der Waals surface area (Å²) in [5.74, 6) is 0. The molecule has 3 rings (SSSR count). The number of hydrogen-bond acceptors (Lipinski definition) is 5. The van der Waals surface area contributed by atoms with Crippen molar-refractivity contribution in [1.82, 2.24) is 5.32 Å². The second-order valence-electron chi connectivity index (χ2n) is 6.68. The molecule has 0 radical (unpaired) electrons. The molecule has 0 bridgehead atoms. The van der Waals surface area contributed by atoms with E-state index in [4.69, 9.17) is 4.84 Å². The summed E-state index contributed by atoms with van der Waals surface area (Å²) in [6.07, 6.45) is -0.113. The fraction of sp³-hybridized carbons (Fsp3) is 0.455. The van der Waals surface area contributed by atoms with E-state index >= 15 is 0 Å². The van der Waals surface area contributed by atoms with Gasteiger partial charge >= 0.3 is 0 Å². The largest absolute Gasteiger partial charge is 0.372 e. The topological polar surface area (TPSA) is 31.0 Å². The maximum Gasteiger partial charge on any atom is 0.163 e. The molecule has 1 saturated heterocycles. The summed E-state index contributed by atoms with van der Waals surface area (Å²) in [5.41, 5.74) is 4.72. The van der Waals surface area contributed by atoms with Gasteiger partial charge < -0.3 is 9.80 Å². The maximum absolute atomic E-state index is 6.13. The third kappa shape index (κ3) is 4.37. The summed E-state index contributed by atoms with van der Waals surface area (Å²) in [4.78, 5) is 10.8. The van der Waals surface area contributed by atoms with E-state index in [2.05, 4.69) is 91.3 Å². The van der Waals surface area contributed by atoms with Gasteiger partial charge in [0.15, 0.2) is 6.23 Å². The van der Waals surface area contributed by atoms with Crippen LogP contribution in [0.1, 0.15) is 39.5 Å². The normalized spacial score (nSPS) is 16.6. The van der Waals surface area contributed by atoms with Crippen molar-refractivity contribution in [3.05, 3.63) is 54.1 Å². The highest BCUT2D eigenvalue weighted by molar-refractivity contribution is 5.55.